The number of rotatable bonds is 11. The lowest BCUT2D eigenvalue weighted by molar-refractivity contribution is -0.117. The fraction of sp³-hybridized carbons (Fsp3) is 0.333. The van der Waals surface area contributed by atoms with Crippen LogP contribution < -0.4 is 16.0 Å². The minimum atomic E-state index is -0.259. The van der Waals surface area contributed by atoms with E-state index in [0.717, 1.165) is 68.0 Å². The van der Waals surface area contributed by atoms with Crippen molar-refractivity contribution in [3.63, 3.8) is 0 Å². The van der Waals surface area contributed by atoms with E-state index in [2.05, 4.69) is 51.8 Å². The third kappa shape index (κ3) is 8.13. The van der Waals surface area contributed by atoms with Crippen LogP contribution in [0.15, 0.2) is 72.8 Å². The van der Waals surface area contributed by atoms with Crippen LogP contribution in [0, 0.1) is 0 Å². The minimum Gasteiger partial charge on any atom is -0.369 e. The van der Waals surface area contributed by atoms with Crippen molar-refractivity contribution in [2.24, 2.45) is 0 Å². The molecule has 0 radical (unpaired) electrons. The first-order valence-electron chi connectivity index (χ1n) is 14.7. The Labute approximate surface area is 253 Å². The summed E-state index contributed by atoms with van der Waals surface area (Å²) in [5, 5.41) is 10.4. The van der Waals surface area contributed by atoms with Gasteiger partial charge in [0.05, 0.1) is 17.7 Å². The van der Waals surface area contributed by atoms with Gasteiger partial charge in [-0.1, -0.05) is 24.3 Å². The van der Waals surface area contributed by atoms with Crippen LogP contribution in [0.2, 0.25) is 0 Å². The second kappa shape index (κ2) is 14.2. The van der Waals surface area contributed by atoms with Crippen molar-refractivity contribution >= 4 is 39.9 Å². The van der Waals surface area contributed by atoms with Gasteiger partial charge in [0.2, 0.25) is 5.91 Å². The Balaban J connectivity index is 1.27. The van der Waals surface area contributed by atoms with Gasteiger partial charge in [-0.25, -0.2) is 9.97 Å². The van der Waals surface area contributed by atoms with Crippen LogP contribution >= 0.6 is 0 Å². The molecule has 2 amide bonds. The Kier molecular flexibility index (Phi) is 9.93. The molecule has 3 aromatic carbocycles. The molecule has 43 heavy (non-hydrogen) atoms. The Bertz CT molecular complexity index is 1550. The number of hydrogen-bond acceptors (Lipinski definition) is 8. The molecule has 1 saturated heterocycles. The van der Waals surface area contributed by atoms with Gasteiger partial charge in [0.1, 0.15) is 5.82 Å². The molecular formula is C33H40N8O2. The molecule has 0 spiro atoms. The number of fused-ring (bicyclic) bond motifs is 1. The Morgan fingerprint density at radius 3 is 2.35 bits per heavy atom. The summed E-state index contributed by atoms with van der Waals surface area (Å²) >= 11 is 0. The predicted octanol–water partition coefficient (Wildman–Crippen LogP) is 4.10. The summed E-state index contributed by atoms with van der Waals surface area (Å²) in [6.07, 6.45) is 0.978. The summed E-state index contributed by atoms with van der Waals surface area (Å²) in [5.41, 5.74) is 3.31. The SMILES string of the molecule is CN(C)CCCNc1nc(-c2ccccc2NC(=O)c2ccc(NC(=O)CN3CCN(C)CC3)cc2)nc2ccccc12. The molecule has 0 bridgehead atoms. The van der Waals surface area contributed by atoms with E-state index in [1.165, 1.54) is 0 Å². The molecule has 0 aliphatic carbocycles. The first-order chi connectivity index (χ1) is 20.9. The maximum atomic E-state index is 13.3. The lowest BCUT2D eigenvalue weighted by Gasteiger charge is -2.31. The lowest BCUT2D eigenvalue weighted by atomic mass is 10.1. The number of amides is 2. The molecular weight excluding hydrogens is 540 g/mol. The lowest BCUT2D eigenvalue weighted by Crippen LogP contribution is -2.47. The van der Waals surface area contributed by atoms with Crippen LogP contribution in [-0.2, 0) is 4.79 Å². The standard InChI is InChI=1S/C33H40N8O2/c1-39(2)18-8-17-34-31-26-9-4-6-11-28(26)36-32(38-31)27-10-5-7-12-29(27)37-33(43)24-13-15-25(16-14-24)35-30(42)23-41-21-19-40(3)20-22-41/h4-7,9-16H,8,17-23H2,1-3H3,(H,35,42)(H,37,43)(H,34,36,38). The highest BCUT2D eigenvalue weighted by atomic mass is 16.2. The van der Waals surface area contributed by atoms with Crippen LogP contribution in [0.25, 0.3) is 22.3 Å². The number of aromatic nitrogens is 2. The summed E-state index contributed by atoms with van der Waals surface area (Å²) in [7, 11) is 6.21. The van der Waals surface area contributed by atoms with Crippen molar-refractivity contribution in [1.82, 2.24) is 24.7 Å². The zero-order valence-corrected chi connectivity index (χ0v) is 25.1. The number of carbonyl (C=O) groups is 2. The highest BCUT2D eigenvalue weighted by molar-refractivity contribution is 6.06. The average Bonchev–Trinajstić information content (AvgIpc) is 3.00. The van der Waals surface area contributed by atoms with Gasteiger partial charge in [-0.15, -0.1) is 0 Å². The molecule has 0 unspecified atom stereocenters. The van der Waals surface area contributed by atoms with E-state index in [1.807, 2.05) is 48.5 Å². The molecule has 3 N–H and O–H groups in total. The number of nitrogens with zero attached hydrogens (tertiary/aromatic N) is 5. The zero-order chi connectivity index (χ0) is 30.2. The maximum Gasteiger partial charge on any atom is 0.255 e. The molecule has 1 aliphatic heterocycles. The van der Waals surface area contributed by atoms with Crippen molar-refractivity contribution in [1.29, 1.82) is 0 Å². The maximum absolute atomic E-state index is 13.3. The highest BCUT2D eigenvalue weighted by Gasteiger charge is 2.18. The largest absolute Gasteiger partial charge is 0.369 e. The van der Waals surface area contributed by atoms with E-state index in [0.29, 0.717) is 29.3 Å². The Morgan fingerprint density at radius 2 is 1.58 bits per heavy atom. The molecule has 1 aliphatic rings. The van der Waals surface area contributed by atoms with Gasteiger partial charge in [-0.05, 0) is 82.6 Å². The molecule has 224 valence electrons. The molecule has 2 heterocycles. The third-order valence-electron chi connectivity index (χ3n) is 7.49. The van der Waals surface area contributed by atoms with Crippen LogP contribution in [0.3, 0.4) is 0 Å². The first kappa shape index (κ1) is 30.1. The van der Waals surface area contributed by atoms with Crippen LogP contribution in [0.4, 0.5) is 17.2 Å². The topological polar surface area (TPSA) is 106 Å². The van der Waals surface area contributed by atoms with Crippen molar-refractivity contribution in [2.45, 2.75) is 6.42 Å². The quantitative estimate of drug-likeness (QED) is 0.228. The molecule has 1 aromatic heterocycles. The van der Waals surface area contributed by atoms with Gasteiger partial charge in [0, 0.05) is 54.9 Å². The summed E-state index contributed by atoms with van der Waals surface area (Å²) in [5.74, 6) is 0.983. The van der Waals surface area contributed by atoms with E-state index in [1.54, 1.807) is 24.3 Å². The number of hydrogen-bond donors (Lipinski definition) is 3. The molecule has 10 nitrogen and oxygen atoms in total. The second-order valence-corrected chi connectivity index (χ2v) is 11.2. The summed E-state index contributed by atoms with van der Waals surface area (Å²) in [6, 6.07) is 22.4. The number of piperazine rings is 1. The average molecular weight is 581 g/mol. The predicted molar refractivity (Wildman–Crippen MR) is 174 cm³/mol. The molecule has 4 aromatic rings. The molecule has 10 heteroatoms. The Hall–Kier alpha value is -4.38. The van der Waals surface area contributed by atoms with E-state index in [4.69, 9.17) is 9.97 Å². The van der Waals surface area contributed by atoms with Gasteiger partial charge < -0.3 is 25.8 Å². The number of carbonyl (C=O) groups excluding carboxylic acids is 2. The van der Waals surface area contributed by atoms with E-state index in [9.17, 15) is 9.59 Å². The summed E-state index contributed by atoms with van der Waals surface area (Å²) < 4.78 is 0. The number of para-hydroxylation sites is 2. The zero-order valence-electron chi connectivity index (χ0n) is 25.1. The van der Waals surface area contributed by atoms with Crippen LogP contribution in [0.1, 0.15) is 16.8 Å². The first-order valence-corrected chi connectivity index (χ1v) is 14.7. The number of likely N-dealkylation sites (N-methyl/N-ethyl adjacent to an activating group) is 1. The van der Waals surface area contributed by atoms with Crippen molar-refractivity contribution in [2.75, 3.05) is 82.9 Å². The normalized spacial score (nSPS) is 14.1. The van der Waals surface area contributed by atoms with Crippen molar-refractivity contribution in [3.05, 3.63) is 78.4 Å². The minimum absolute atomic E-state index is 0.0578. The number of anilines is 3. The molecule has 5 rings (SSSR count). The van der Waals surface area contributed by atoms with Crippen LogP contribution in [0.5, 0.6) is 0 Å². The van der Waals surface area contributed by atoms with Gasteiger partial charge in [0.25, 0.3) is 5.91 Å². The van der Waals surface area contributed by atoms with Crippen molar-refractivity contribution in [3.8, 4) is 11.4 Å². The van der Waals surface area contributed by atoms with Gasteiger partial charge in [-0.2, -0.15) is 0 Å². The number of nitrogens with one attached hydrogen (secondary N) is 3. The van der Waals surface area contributed by atoms with Crippen LogP contribution in [-0.4, -0.2) is 103 Å². The van der Waals surface area contributed by atoms with Gasteiger partial charge >= 0.3 is 0 Å². The fourth-order valence-electron chi connectivity index (χ4n) is 5.03. The molecule has 0 saturated carbocycles. The summed E-state index contributed by atoms with van der Waals surface area (Å²) in [6.45, 7) is 5.79. The van der Waals surface area contributed by atoms with E-state index >= 15 is 0 Å². The van der Waals surface area contributed by atoms with Crippen molar-refractivity contribution < 1.29 is 9.59 Å². The number of benzene rings is 3. The second-order valence-electron chi connectivity index (χ2n) is 11.2. The smallest absolute Gasteiger partial charge is 0.255 e. The van der Waals surface area contributed by atoms with E-state index in [-0.39, 0.29) is 11.8 Å². The highest BCUT2D eigenvalue weighted by Crippen LogP contribution is 2.30. The molecule has 1 fully saturated rings. The van der Waals surface area contributed by atoms with E-state index < -0.39 is 0 Å². The fourth-order valence-corrected chi connectivity index (χ4v) is 5.03. The monoisotopic (exact) mass is 580 g/mol. The summed E-state index contributed by atoms with van der Waals surface area (Å²) in [4.78, 5) is 42.1. The Morgan fingerprint density at radius 1 is 0.860 bits per heavy atom. The third-order valence-corrected chi connectivity index (χ3v) is 7.49. The van der Waals surface area contributed by atoms with Gasteiger partial charge in [-0.3, -0.25) is 14.5 Å². The van der Waals surface area contributed by atoms with Gasteiger partial charge in [0.15, 0.2) is 5.82 Å². The molecule has 0 atom stereocenters.